The molecule has 0 unspecified atom stereocenters. The van der Waals surface area contributed by atoms with Gasteiger partial charge in [0.05, 0.1) is 12.2 Å². The Bertz CT molecular complexity index is 474. The van der Waals surface area contributed by atoms with E-state index in [-0.39, 0.29) is 5.91 Å². The van der Waals surface area contributed by atoms with Crippen molar-refractivity contribution in [2.45, 2.75) is 19.5 Å². The van der Waals surface area contributed by atoms with Crippen molar-refractivity contribution in [1.82, 2.24) is 4.90 Å². The van der Waals surface area contributed by atoms with E-state index >= 15 is 0 Å². The topological polar surface area (TPSA) is 41.6 Å². The second-order valence-electron chi connectivity index (χ2n) is 4.82. The Morgan fingerprint density at radius 2 is 2.17 bits per heavy atom. The predicted molar refractivity (Wildman–Crippen MR) is 74.8 cm³/mol. The number of anilines is 1. The van der Waals surface area contributed by atoms with Crippen molar-refractivity contribution in [1.29, 1.82) is 0 Å². The van der Waals surface area contributed by atoms with Crippen LogP contribution in [-0.4, -0.2) is 36.7 Å². The molecular formula is C13H17BrN2O2. The van der Waals surface area contributed by atoms with Crippen molar-refractivity contribution in [2.24, 2.45) is 0 Å². The number of carbonyl (C=O) groups is 1. The average molecular weight is 313 g/mol. The molecule has 1 heterocycles. The minimum atomic E-state index is -0.413. The second-order valence-corrected chi connectivity index (χ2v) is 5.74. The van der Waals surface area contributed by atoms with Crippen LogP contribution in [0.3, 0.4) is 0 Å². The zero-order valence-electron chi connectivity index (χ0n) is 10.8. The number of ether oxygens (including phenoxy) is 1. The number of hydrogen-bond donors (Lipinski definition) is 1. The third-order valence-corrected chi connectivity index (χ3v) is 3.58. The minimum absolute atomic E-state index is 0.0401. The van der Waals surface area contributed by atoms with Gasteiger partial charge in [0.15, 0.2) is 0 Å². The molecular weight excluding hydrogens is 296 g/mol. The Kier molecular flexibility index (Phi) is 3.64. The third-order valence-electron chi connectivity index (χ3n) is 3.09. The van der Waals surface area contributed by atoms with Gasteiger partial charge < -0.3 is 15.0 Å². The van der Waals surface area contributed by atoms with Gasteiger partial charge in [0, 0.05) is 23.8 Å². The molecule has 1 N–H and O–H groups in total. The molecule has 0 radical (unpaired) electrons. The lowest BCUT2D eigenvalue weighted by Gasteiger charge is -2.44. The van der Waals surface area contributed by atoms with Gasteiger partial charge in [0.2, 0.25) is 0 Å². The van der Waals surface area contributed by atoms with Crippen molar-refractivity contribution in [3.05, 3.63) is 28.2 Å². The van der Waals surface area contributed by atoms with Crippen LogP contribution in [0.2, 0.25) is 0 Å². The van der Waals surface area contributed by atoms with Crippen LogP contribution in [0, 0.1) is 0 Å². The Hall–Kier alpha value is -1.07. The first kappa shape index (κ1) is 13.4. The first-order valence-electron chi connectivity index (χ1n) is 5.84. The van der Waals surface area contributed by atoms with E-state index in [2.05, 4.69) is 21.2 Å². The van der Waals surface area contributed by atoms with E-state index in [0.717, 1.165) is 10.2 Å². The second kappa shape index (κ2) is 4.90. The standard InChI is InChI=1S/C13H17BrN2O2/c1-13(2)15-11-8-9(14)4-5-10(11)12(17)16(13)6-7-18-3/h4-5,8,15H,6-7H2,1-3H3. The van der Waals surface area contributed by atoms with Gasteiger partial charge in [0.1, 0.15) is 5.66 Å². The van der Waals surface area contributed by atoms with E-state index in [1.54, 1.807) is 12.0 Å². The van der Waals surface area contributed by atoms with Gasteiger partial charge in [0.25, 0.3) is 5.91 Å². The summed E-state index contributed by atoms with van der Waals surface area (Å²) in [5, 5.41) is 3.39. The molecule has 0 saturated heterocycles. The smallest absolute Gasteiger partial charge is 0.257 e. The summed E-state index contributed by atoms with van der Waals surface area (Å²) in [5.74, 6) is 0.0401. The van der Waals surface area contributed by atoms with Gasteiger partial charge in [-0.1, -0.05) is 15.9 Å². The van der Waals surface area contributed by atoms with Crippen molar-refractivity contribution >= 4 is 27.5 Å². The third kappa shape index (κ3) is 2.37. The summed E-state index contributed by atoms with van der Waals surface area (Å²) >= 11 is 3.42. The number of amides is 1. The van der Waals surface area contributed by atoms with Crippen LogP contribution in [0.1, 0.15) is 24.2 Å². The predicted octanol–water partition coefficient (Wildman–Crippen LogP) is 2.70. The highest BCUT2D eigenvalue weighted by molar-refractivity contribution is 9.10. The lowest BCUT2D eigenvalue weighted by Crippen LogP contribution is -2.57. The number of rotatable bonds is 3. The number of nitrogens with zero attached hydrogens (tertiary/aromatic N) is 1. The largest absolute Gasteiger partial charge is 0.383 e. The summed E-state index contributed by atoms with van der Waals surface area (Å²) in [6.07, 6.45) is 0. The Labute approximate surface area is 115 Å². The number of fused-ring (bicyclic) bond motifs is 1. The highest BCUT2D eigenvalue weighted by atomic mass is 79.9. The van der Waals surface area contributed by atoms with Crippen molar-refractivity contribution in [2.75, 3.05) is 25.6 Å². The SMILES string of the molecule is COCCN1C(=O)c2ccc(Br)cc2NC1(C)C. The summed E-state index contributed by atoms with van der Waals surface area (Å²) in [7, 11) is 1.64. The minimum Gasteiger partial charge on any atom is -0.383 e. The molecule has 1 aromatic carbocycles. The zero-order chi connectivity index (χ0) is 13.3. The number of hydrogen-bond acceptors (Lipinski definition) is 3. The van der Waals surface area contributed by atoms with Crippen LogP contribution in [-0.2, 0) is 4.74 Å². The molecule has 0 bridgehead atoms. The summed E-state index contributed by atoms with van der Waals surface area (Å²) in [5.41, 5.74) is 1.16. The molecule has 0 aromatic heterocycles. The fourth-order valence-corrected chi connectivity index (χ4v) is 2.53. The molecule has 1 amide bonds. The normalized spacial score (nSPS) is 17.3. The van der Waals surface area contributed by atoms with Crippen LogP contribution in [0.25, 0.3) is 0 Å². The molecule has 0 saturated carbocycles. The molecule has 2 rings (SSSR count). The van der Waals surface area contributed by atoms with Crippen LogP contribution in [0.5, 0.6) is 0 Å². The molecule has 4 nitrogen and oxygen atoms in total. The van der Waals surface area contributed by atoms with Crippen molar-refractivity contribution < 1.29 is 9.53 Å². The fraction of sp³-hybridized carbons (Fsp3) is 0.462. The van der Waals surface area contributed by atoms with Gasteiger partial charge in [-0.25, -0.2) is 0 Å². The number of carbonyl (C=O) groups excluding carboxylic acids is 1. The van der Waals surface area contributed by atoms with E-state index < -0.39 is 5.66 Å². The van der Waals surface area contributed by atoms with E-state index in [4.69, 9.17) is 4.74 Å². The van der Waals surface area contributed by atoms with Gasteiger partial charge in [-0.3, -0.25) is 4.79 Å². The molecule has 1 aromatic rings. The lowest BCUT2D eigenvalue weighted by molar-refractivity contribution is 0.0484. The van der Waals surface area contributed by atoms with Crippen LogP contribution < -0.4 is 5.32 Å². The maximum Gasteiger partial charge on any atom is 0.257 e. The van der Waals surface area contributed by atoms with Crippen molar-refractivity contribution in [3.8, 4) is 0 Å². The Morgan fingerprint density at radius 3 is 2.83 bits per heavy atom. The van der Waals surface area contributed by atoms with Crippen molar-refractivity contribution in [3.63, 3.8) is 0 Å². The lowest BCUT2D eigenvalue weighted by atomic mass is 10.0. The first-order chi connectivity index (χ1) is 8.45. The summed E-state index contributed by atoms with van der Waals surface area (Å²) < 4.78 is 6.02. The van der Waals surface area contributed by atoms with Gasteiger partial charge in [-0.15, -0.1) is 0 Å². The molecule has 98 valence electrons. The molecule has 0 fully saturated rings. The maximum absolute atomic E-state index is 12.5. The molecule has 18 heavy (non-hydrogen) atoms. The van der Waals surface area contributed by atoms with Gasteiger partial charge >= 0.3 is 0 Å². The maximum atomic E-state index is 12.5. The van der Waals surface area contributed by atoms with E-state index in [0.29, 0.717) is 18.7 Å². The van der Waals surface area contributed by atoms with Crippen LogP contribution >= 0.6 is 15.9 Å². The Balaban J connectivity index is 2.37. The molecule has 0 aliphatic carbocycles. The molecule has 0 spiro atoms. The van der Waals surface area contributed by atoms with Crippen LogP contribution in [0.4, 0.5) is 5.69 Å². The van der Waals surface area contributed by atoms with Gasteiger partial charge in [-0.05, 0) is 32.0 Å². The number of nitrogens with one attached hydrogen (secondary N) is 1. The average Bonchev–Trinajstić information content (AvgIpc) is 2.27. The van der Waals surface area contributed by atoms with E-state index in [1.807, 2.05) is 32.0 Å². The molecule has 1 aliphatic rings. The number of methoxy groups -OCH3 is 1. The zero-order valence-corrected chi connectivity index (χ0v) is 12.4. The number of halogens is 1. The van der Waals surface area contributed by atoms with Gasteiger partial charge in [-0.2, -0.15) is 0 Å². The van der Waals surface area contributed by atoms with E-state index in [1.165, 1.54) is 0 Å². The monoisotopic (exact) mass is 312 g/mol. The molecule has 1 aliphatic heterocycles. The highest BCUT2D eigenvalue weighted by Crippen LogP contribution is 2.32. The first-order valence-corrected chi connectivity index (χ1v) is 6.63. The summed E-state index contributed by atoms with van der Waals surface area (Å²) in [6, 6.07) is 5.65. The summed E-state index contributed by atoms with van der Waals surface area (Å²) in [4.78, 5) is 14.3. The molecule has 5 heteroatoms. The van der Waals surface area contributed by atoms with Crippen LogP contribution in [0.15, 0.2) is 22.7 Å². The Morgan fingerprint density at radius 1 is 1.44 bits per heavy atom. The quantitative estimate of drug-likeness (QED) is 0.933. The fourth-order valence-electron chi connectivity index (χ4n) is 2.17. The number of benzene rings is 1. The molecule has 0 atom stereocenters. The highest BCUT2D eigenvalue weighted by Gasteiger charge is 2.37. The van der Waals surface area contributed by atoms with E-state index in [9.17, 15) is 4.79 Å². The summed E-state index contributed by atoms with van der Waals surface area (Å²) in [6.45, 7) is 5.09.